The number of amides is 2. The highest BCUT2D eigenvalue weighted by Gasteiger charge is 2.34. The van der Waals surface area contributed by atoms with E-state index < -0.39 is 5.92 Å². The summed E-state index contributed by atoms with van der Waals surface area (Å²) in [5, 5.41) is 2.79. The summed E-state index contributed by atoms with van der Waals surface area (Å²) in [5.41, 5.74) is 4.50. The molecule has 6 heteroatoms. The van der Waals surface area contributed by atoms with Crippen LogP contribution in [-0.2, 0) is 9.59 Å². The van der Waals surface area contributed by atoms with Crippen LogP contribution in [0, 0.1) is 12.7 Å². The Morgan fingerprint density at radius 3 is 2.11 bits per heavy atom. The number of anilines is 2. The number of carbonyl (C=O) groups excluding carboxylic acids is 2. The number of nitrogens with zero attached hydrogens (tertiary/aromatic N) is 1. The van der Waals surface area contributed by atoms with Crippen LogP contribution in [0.15, 0.2) is 103 Å². The van der Waals surface area contributed by atoms with Crippen LogP contribution in [0.3, 0.4) is 0 Å². The molecule has 0 bridgehead atoms. The zero-order valence-corrected chi connectivity index (χ0v) is 20.5. The normalized spacial score (nSPS) is 15.4. The van der Waals surface area contributed by atoms with Crippen LogP contribution in [-0.4, -0.2) is 17.6 Å². The van der Waals surface area contributed by atoms with Gasteiger partial charge in [-0.1, -0.05) is 78.9 Å². The lowest BCUT2D eigenvalue weighted by Crippen LogP contribution is -2.28. The predicted molar refractivity (Wildman–Crippen MR) is 144 cm³/mol. The molecule has 180 valence electrons. The van der Waals surface area contributed by atoms with Gasteiger partial charge in [-0.2, -0.15) is 0 Å². The van der Waals surface area contributed by atoms with Crippen molar-refractivity contribution in [2.75, 3.05) is 16.0 Å². The Morgan fingerprint density at radius 2 is 1.53 bits per heavy atom. The summed E-state index contributed by atoms with van der Waals surface area (Å²) >= 11 is 1.50. The van der Waals surface area contributed by atoms with E-state index in [1.807, 2.05) is 84.9 Å². The maximum atomic E-state index is 14.2. The molecule has 1 atom stereocenters. The Kier molecular flexibility index (Phi) is 6.87. The van der Waals surface area contributed by atoms with E-state index in [1.54, 1.807) is 24.0 Å². The van der Waals surface area contributed by atoms with E-state index in [2.05, 4.69) is 5.32 Å². The fraction of sp³-hybridized carbons (Fsp3) is 0.133. The number of aryl methyl sites for hydroxylation is 1. The summed E-state index contributed by atoms with van der Waals surface area (Å²) < 4.78 is 14.2. The number of benzene rings is 4. The van der Waals surface area contributed by atoms with Crippen LogP contribution in [0.5, 0.6) is 0 Å². The third-order valence-electron chi connectivity index (χ3n) is 6.29. The quantitative estimate of drug-likeness (QED) is 0.324. The minimum Gasteiger partial charge on any atom is -0.325 e. The predicted octanol–water partition coefficient (Wildman–Crippen LogP) is 6.68. The Labute approximate surface area is 214 Å². The average Bonchev–Trinajstić information content (AvgIpc) is 3.29. The van der Waals surface area contributed by atoms with Gasteiger partial charge in [-0.3, -0.25) is 14.5 Å². The monoisotopic (exact) mass is 496 g/mol. The number of hydrogen-bond donors (Lipinski definition) is 1. The van der Waals surface area contributed by atoms with E-state index in [9.17, 15) is 14.0 Å². The molecule has 1 saturated heterocycles. The molecule has 1 N–H and O–H groups in total. The maximum absolute atomic E-state index is 14.2. The Bertz CT molecular complexity index is 1340. The van der Waals surface area contributed by atoms with Crippen molar-refractivity contribution in [1.29, 1.82) is 0 Å². The van der Waals surface area contributed by atoms with Crippen LogP contribution in [0.2, 0.25) is 0 Å². The van der Waals surface area contributed by atoms with Gasteiger partial charge in [-0.05, 0) is 53.4 Å². The third-order valence-corrected chi connectivity index (χ3v) is 7.51. The fourth-order valence-electron chi connectivity index (χ4n) is 4.41. The van der Waals surface area contributed by atoms with E-state index in [0.29, 0.717) is 22.7 Å². The zero-order valence-electron chi connectivity index (χ0n) is 19.7. The lowest BCUT2D eigenvalue weighted by Gasteiger charge is -2.25. The topological polar surface area (TPSA) is 49.4 Å². The van der Waals surface area contributed by atoms with Gasteiger partial charge in [0, 0.05) is 11.4 Å². The van der Waals surface area contributed by atoms with Gasteiger partial charge < -0.3 is 5.32 Å². The summed E-state index contributed by atoms with van der Waals surface area (Å²) in [5.74, 6) is -0.627. The minimum atomic E-state index is -0.443. The largest absolute Gasteiger partial charge is 0.325 e. The molecule has 4 aromatic carbocycles. The molecule has 0 aromatic heterocycles. The molecule has 0 spiro atoms. The van der Waals surface area contributed by atoms with E-state index in [0.717, 1.165) is 16.7 Å². The van der Waals surface area contributed by atoms with Gasteiger partial charge in [0.05, 0.1) is 11.7 Å². The Hall–Kier alpha value is -3.90. The highest BCUT2D eigenvalue weighted by molar-refractivity contribution is 8.00. The SMILES string of the molecule is Cc1ccc(N2C(=O)CSC2c2ccc(NC(=O)C(c3ccccc3)c3ccccc3)cc2)cc1F. The van der Waals surface area contributed by atoms with Crippen LogP contribution in [0.1, 0.15) is 33.5 Å². The van der Waals surface area contributed by atoms with Gasteiger partial charge in [-0.15, -0.1) is 11.8 Å². The molecule has 1 unspecified atom stereocenters. The van der Waals surface area contributed by atoms with Crippen molar-refractivity contribution in [3.05, 3.63) is 131 Å². The molecular formula is C30H25FN2O2S. The van der Waals surface area contributed by atoms with Crippen molar-refractivity contribution in [3.8, 4) is 0 Å². The number of carbonyl (C=O) groups is 2. The molecular weight excluding hydrogens is 471 g/mol. The highest BCUT2D eigenvalue weighted by atomic mass is 32.2. The molecule has 0 saturated carbocycles. The van der Waals surface area contributed by atoms with Crippen LogP contribution < -0.4 is 10.2 Å². The van der Waals surface area contributed by atoms with Crippen molar-refractivity contribution >= 4 is 35.0 Å². The second-order valence-corrected chi connectivity index (χ2v) is 9.79. The summed E-state index contributed by atoms with van der Waals surface area (Å²) in [6.07, 6.45) is 0. The molecule has 36 heavy (non-hydrogen) atoms. The summed E-state index contributed by atoms with van der Waals surface area (Å²) in [4.78, 5) is 27.7. The van der Waals surface area contributed by atoms with Gasteiger partial charge in [-0.25, -0.2) is 4.39 Å². The van der Waals surface area contributed by atoms with Crippen molar-refractivity contribution < 1.29 is 14.0 Å². The van der Waals surface area contributed by atoms with Gasteiger partial charge in [0.15, 0.2) is 0 Å². The molecule has 1 aliphatic rings. The van der Waals surface area contributed by atoms with E-state index >= 15 is 0 Å². The van der Waals surface area contributed by atoms with E-state index in [4.69, 9.17) is 0 Å². The van der Waals surface area contributed by atoms with Gasteiger partial charge in [0.1, 0.15) is 11.2 Å². The molecule has 1 aliphatic heterocycles. The molecule has 1 fully saturated rings. The minimum absolute atomic E-state index is 0.0563. The first-order chi connectivity index (χ1) is 17.5. The maximum Gasteiger partial charge on any atom is 0.238 e. The molecule has 2 amide bonds. The second kappa shape index (κ2) is 10.4. The lowest BCUT2D eigenvalue weighted by atomic mass is 9.90. The molecule has 4 nitrogen and oxygen atoms in total. The number of thioether (sulfide) groups is 1. The van der Waals surface area contributed by atoms with Crippen molar-refractivity contribution in [2.24, 2.45) is 0 Å². The van der Waals surface area contributed by atoms with Crippen molar-refractivity contribution in [2.45, 2.75) is 18.2 Å². The first-order valence-electron chi connectivity index (χ1n) is 11.7. The summed E-state index contributed by atoms with van der Waals surface area (Å²) in [7, 11) is 0. The molecule has 1 heterocycles. The molecule has 5 rings (SSSR count). The third kappa shape index (κ3) is 4.90. The number of halogens is 1. The van der Waals surface area contributed by atoms with Crippen LogP contribution in [0.4, 0.5) is 15.8 Å². The average molecular weight is 497 g/mol. The van der Waals surface area contributed by atoms with Gasteiger partial charge in [0.2, 0.25) is 11.8 Å². The van der Waals surface area contributed by atoms with E-state index in [1.165, 1.54) is 17.8 Å². The number of rotatable bonds is 6. The zero-order chi connectivity index (χ0) is 25.1. The first kappa shape index (κ1) is 23.8. The lowest BCUT2D eigenvalue weighted by molar-refractivity contribution is -0.117. The summed E-state index contributed by atoms with van der Waals surface area (Å²) in [6.45, 7) is 1.70. The fourth-order valence-corrected chi connectivity index (χ4v) is 5.59. The van der Waals surface area contributed by atoms with Crippen molar-refractivity contribution in [3.63, 3.8) is 0 Å². The van der Waals surface area contributed by atoms with E-state index in [-0.39, 0.29) is 23.0 Å². The Morgan fingerprint density at radius 1 is 0.917 bits per heavy atom. The molecule has 0 radical (unpaired) electrons. The summed E-state index contributed by atoms with van der Waals surface area (Å²) in [6, 6.07) is 31.8. The van der Waals surface area contributed by atoms with Gasteiger partial charge >= 0.3 is 0 Å². The number of nitrogens with one attached hydrogen (secondary N) is 1. The standard InChI is InChI=1S/C30H25FN2O2S/c1-20-12-17-25(18-26(20)31)33-27(34)19-36-30(33)23-13-15-24(16-14-23)32-29(35)28(21-8-4-2-5-9-21)22-10-6-3-7-11-22/h2-18,28,30H,19H2,1H3,(H,32,35). The Balaban J connectivity index is 1.37. The molecule has 4 aromatic rings. The number of hydrogen-bond acceptors (Lipinski definition) is 3. The van der Waals surface area contributed by atoms with Crippen LogP contribution >= 0.6 is 11.8 Å². The van der Waals surface area contributed by atoms with Crippen molar-refractivity contribution in [1.82, 2.24) is 0 Å². The van der Waals surface area contributed by atoms with Gasteiger partial charge in [0.25, 0.3) is 0 Å². The second-order valence-electron chi connectivity index (χ2n) is 8.73. The smallest absolute Gasteiger partial charge is 0.238 e. The highest BCUT2D eigenvalue weighted by Crippen LogP contribution is 2.42. The molecule has 0 aliphatic carbocycles. The first-order valence-corrected chi connectivity index (χ1v) is 12.8. The van der Waals surface area contributed by atoms with Crippen LogP contribution in [0.25, 0.3) is 0 Å².